The number of thioether (sulfide) groups is 2. The van der Waals surface area contributed by atoms with Crippen LogP contribution in [-0.2, 0) is 6.54 Å². The first-order chi connectivity index (χ1) is 9.92. The highest BCUT2D eigenvalue weighted by atomic mass is 32.2. The van der Waals surface area contributed by atoms with E-state index in [1.165, 1.54) is 54.4 Å². The van der Waals surface area contributed by atoms with Crippen LogP contribution in [0.4, 0.5) is 5.69 Å². The van der Waals surface area contributed by atoms with Gasteiger partial charge in [-0.3, -0.25) is 0 Å². The van der Waals surface area contributed by atoms with Crippen LogP contribution < -0.4 is 10.2 Å². The SMILES string of the molecule is c1cc(N2CCCC2)ccc1CNCC1CSCCS1. The topological polar surface area (TPSA) is 15.3 Å². The summed E-state index contributed by atoms with van der Waals surface area (Å²) in [7, 11) is 0. The van der Waals surface area contributed by atoms with Crippen molar-refractivity contribution >= 4 is 29.2 Å². The zero-order valence-corrected chi connectivity index (χ0v) is 13.6. The minimum Gasteiger partial charge on any atom is -0.372 e. The van der Waals surface area contributed by atoms with Gasteiger partial charge in [0.25, 0.3) is 0 Å². The van der Waals surface area contributed by atoms with E-state index in [1.807, 2.05) is 0 Å². The molecule has 1 atom stereocenters. The fraction of sp³-hybridized carbons (Fsp3) is 0.625. The zero-order valence-electron chi connectivity index (χ0n) is 12.0. The van der Waals surface area contributed by atoms with Gasteiger partial charge in [0.15, 0.2) is 0 Å². The van der Waals surface area contributed by atoms with Crippen molar-refractivity contribution in [1.29, 1.82) is 0 Å². The molecule has 0 spiro atoms. The normalized spacial score (nSPS) is 23.2. The minimum absolute atomic E-state index is 0.803. The lowest BCUT2D eigenvalue weighted by molar-refractivity contribution is 0.686. The third-order valence-corrected chi connectivity index (χ3v) is 6.84. The molecule has 20 heavy (non-hydrogen) atoms. The van der Waals surface area contributed by atoms with Crippen molar-refractivity contribution < 1.29 is 0 Å². The average molecular weight is 309 g/mol. The number of nitrogens with one attached hydrogen (secondary N) is 1. The highest BCUT2D eigenvalue weighted by Gasteiger charge is 2.14. The maximum atomic E-state index is 3.61. The molecule has 2 nitrogen and oxygen atoms in total. The summed E-state index contributed by atoms with van der Waals surface area (Å²) >= 11 is 4.23. The Morgan fingerprint density at radius 2 is 1.90 bits per heavy atom. The first kappa shape index (κ1) is 14.6. The first-order valence-corrected chi connectivity index (χ1v) is 9.86. The predicted molar refractivity (Wildman–Crippen MR) is 93.2 cm³/mol. The van der Waals surface area contributed by atoms with E-state index in [-0.39, 0.29) is 0 Å². The summed E-state index contributed by atoms with van der Waals surface area (Å²) in [5.74, 6) is 3.96. The van der Waals surface area contributed by atoms with Crippen molar-refractivity contribution in [1.82, 2.24) is 5.32 Å². The van der Waals surface area contributed by atoms with Crippen LogP contribution in [0.15, 0.2) is 24.3 Å². The van der Waals surface area contributed by atoms with Gasteiger partial charge in [0.2, 0.25) is 0 Å². The van der Waals surface area contributed by atoms with Crippen molar-refractivity contribution in [2.45, 2.75) is 24.6 Å². The summed E-state index contributed by atoms with van der Waals surface area (Å²) in [6.45, 7) is 4.61. The fourth-order valence-corrected chi connectivity index (χ4v) is 5.48. The molecular weight excluding hydrogens is 284 g/mol. The van der Waals surface area contributed by atoms with Crippen LogP contribution in [0.3, 0.4) is 0 Å². The average Bonchev–Trinajstić information content (AvgIpc) is 3.03. The number of benzene rings is 1. The van der Waals surface area contributed by atoms with Gasteiger partial charge in [0.05, 0.1) is 0 Å². The summed E-state index contributed by atoms with van der Waals surface area (Å²) < 4.78 is 0. The molecule has 0 amide bonds. The Bertz CT molecular complexity index is 395. The van der Waals surface area contributed by atoms with Crippen molar-refractivity contribution in [3.8, 4) is 0 Å². The van der Waals surface area contributed by atoms with Crippen molar-refractivity contribution in [2.24, 2.45) is 0 Å². The predicted octanol–water partition coefficient (Wildman–Crippen LogP) is 3.23. The second-order valence-electron chi connectivity index (χ2n) is 5.56. The Morgan fingerprint density at radius 1 is 1.10 bits per heavy atom. The molecule has 0 aliphatic carbocycles. The van der Waals surface area contributed by atoms with Crippen LogP contribution in [0.2, 0.25) is 0 Å². The Kier molecular flexibility index (Phi) is 5.57. The van der Waals surface area contributed by atoms with Crippen molar-refractivity contribution in [3.05, 3.63) is 29.8 Å². The van der Waals surface area contributed by atoms with Gasteiger partial charge in [-0.25, -0.2) is 0 Å². The van der Waals surface area contributed by atoms with E-state index in [1.54, 1.807) is 0 Å². The molecule has 2 saturated heterocycles. The molecule has 2 aliphatic heterocycles. The third-order valence-electron chi connectivity index (χ3n) is 3.99. The lowest BCUT2D eigenvalue weighted by Gasteiger charge is -2.21. The second-order valence-corrected chi connectivity index (χ2v) is 8.12. The minimum atomic E-state index is 0.803. The Balaban J connectivity index is 1.43. The summed E-state index contributed by atoms with van der Waals surface area (Å²) in [6, 6.07) is 9.13. The summed E-state index contributed by atoms with van der Waals surface area (Å²) in [4.78, 5) is 2.49. The molecule has 4 heteroatoms. The summed E-state index contributed by atoms with van der Waals surface area (Å²) in [5.41, 5.74) is 2.80. The van der Waals surface area contributed by atoms with Crippen LogP contribution in [-0.4, -0.2) is 42.1 Å². The second kappa shape index (κ2) is 7.62. The lowest BCUT2D eigenvalue weighted by Crippen LogP contribution is -2.28. The van der Waals surface area contributed by atoms with Crippen LogP contribution in [0.25, 0.3) is 0 Å². The van der Waals surface area contributed by atoms with Gasteiger partial charge in [-0.2, -0.15) is 23.5 Å². The Labute approximate surface area is 131 Å². The van der Waals surface area contributed by atoms with E-state index < -0.39 is 0 Å². The van der Waals surface area contributed by atoms with Gasteiger partial charge in [-0.05, 0) is 30.5 Å². The van der Waals surface area contributed by atoms with Gasteiger partial charge < -0.3 is 10.2 Å². The van der Waals surface area contributed by atoms with Gasteiger partial charge in [0, 0.05) is 54.4 Å². The molecule has 1 unspecified atom stereocenters. The number of rotatable bonds is 5. The molecule has 0 aromatic heterocycles. The summed E-state index contributed by atoms with van der Waals surface area (Å²) in [5, 5.41) is 4.42. The Hall–Kier alpha value is -0.320. The third kappa shape index (κ3) is 4.09. The van der Waals surface area contributed by atoms with E-state index in [0.29, 0.717) is 0 Å². The van der Waals surface area contributed by atoms with Crippen molar-refractivity contribution in [3.63, 3.8) is 0 Å². The van der Waals surface area contributed by atoms with Crippen LogP contribution in [0, 0.1) is 0 Å². The van der Waals surface area contributed by atoms with E-state index in [4.69, 9.17) is 0 Å². The molecule has 0 radical (unpaired) electrons. The number of nitrogens with zero attached hydrogens (tertiary/aromatic N) is 1. The standard InChI is InChI=1S/C16H24N2S2/c1-2-8-18(7-1)15-5-3-14(4-6-15)11-17-12-16-13-19-9-10-20-16/h3-6,16-17H,1-2,7-13H2. The van der Waals surface area contributed by atoms with Gasteiger partial charge in [0.1, 0.15) is 0 Å². The Morgan fingerprint density at radius 3 is 2.60 bits per heavy atom. The molecule has 3 rings (SSSR count). The molecule has 110 valence electrons. The largest absolute Gasteiger partial charge is 0.372 e. The fourth-order valence-electron chi connectivity index (χ4n) is 2.83. The highest BCUT2D eigenvalue weighted by molar-refractivity contribution is 8.06. The zero-order chi connectivity index (χ0) is 13.6. The molecule has 1 aromatic carbocycles. The highest BCUT2D eigenvalue weighted by Crippen LogP contribution is 2.23. The number of anilines is 1. The van der Waals surface area contributed by atoms with E-state index in [0.717, 1.165) is 18.3 Å². The van der Waals surface area contributed by atoms with Crippen LogP contribution >= 0.6 is 23.5 Å². The molecule has 1 N–H and O–H groups in total. The smallest absolute Gasteiger partial charge is 0.0366 e. The molecule has 0 bridgehead atoms. The molecule has 2 aliphatic rings. The van der Waals surface area contributed by atoms with Crippen molar-refractivity contribution in [2.75, 3.05) is 41.8 Å². The molecule has 1 aromatic rings. The molecule has 2 heterocycles. The first-order valence-electron chi connectivity index (χ1n) is 7.66. The number of hydrogen-bond acceptors (Lipinski definition) is 4. The monoisotopic (exact) mass is 308 g/mol. The number of hydrogen-bond donors (Lipinski definition) is 1. The molecule has 2 fully saturated rings. The van der Waals surface area contributed by atoms with Crippen LogP contribution in [0.1, 0.15) is 18.4 Å². The molecule has 0 saturated carbocycles. The van der Waals surface area contributed by atoms with E-state index in [2.05, 4.69) is 58.0 Å². The van der Waals surface area contributed by atoms with E-state index in [9.17, 15) is 0 Å². The molecular formula is C16H24N2S2. The van der Waals surface area contributed by atoms with Crippen LogP contribution in [0.5, 0.6) is 0 Å². The maximum Gasteiger partial charge on any atom is 0.0366 e. The van der Waals surface area contributed by atoms with E-state index >= 15 is 0 Å². The lowest BCUT2D eigenvalue weighted by atomic mass is 10.2. The summed E-state index contributed by atoms with van der Waals surface area (Å²) in [6.07, 6.45) is 2.70. The van der Waals surface area contributed by atoms with Gasteiger partial charge in [-0.1, -0.05) is 12.1 Å². The quantitative estimate of drug-likeness (QED) is 0.898. The van der Waals surface area contributed by atoms with Gasteiger partial charge >= 0.3 is 0 Å². The maximum absolute atomic E-state index is 3.61. The van der Waals surface area contributed by atoms with Gasteiger partial charge in [-0.15, -0.1) is 0 Å².